The number of hydrogen-bond acceptors (Lipinski definition) is 0. The molecule has 1 heteroatoms. The molecule has 0 bridgehead atoms. The van der Waals surface area contributed by atoms with Crippen LogP contribution in [0.1, 0.15) is 5.56 Å². The van der Waals surface area contributed by atoms with E-state index in [2.05, 4.69) is 84.4 Å². The highest BCUT2D eigenvalue weighted by atomic mass is 15.0. The van der Waals surface area contributed by atoms with E-state index in [1.165, 1.54) is 33.3 Å². The smallest absolute Gasteiger partial charge is 0.0528 e. The second kappa shape index (κ2) is 5.19. The molecule has 0 aliphatic heterocycles. The highest BCUT2D eigenvalue weighted by molar-refractivity contribution is 5.82. The first kappa shape index (κ1) is 12.9. The molecule has 3 aromatic carbocycles. The molecule has 1 aromatic heterocycles. The molecular formula is C21H16N. The van der Waals surface area contributed by atoms with E-state index in [0.717, 1.165) is 0 Å². The largest absolute Gasteiger partial charge is 0.317 e. The van der Waals surface area contributed by atoms with Crippen molar-refractivity contribution in [3.05, 3.63) is 90.6 Å². The Balaban J connectivity index is 1.76. The van der Waals surface area contributed by atoms with Crippen molar-refractivity contribution in [1.29, 1.82) is 0 Å². The normalized spacial score (nSPS) is 11.0. The first-order valence-electron chi connectivity index (χ1n) is 7.46. The standard InChI is InChI=1S/C21H16N/c1-16-7-12-21-19(15-16)13-14-22(21)20-10-8-18(9-11-20)17-5-3-2-4-6-17/h3-15H,1H3. The minimum Gasteiger partial charge on any atom is -0.317 e. The van der Waals surface area contributed by atoms with E-state index < -0.39 is 0 Å². The zero-order chi connectivity index (χ0) is 14.9. The van der Waals surface area contributed by atoms with Crippen LogP contribution in [0.5, 0.6) is 0 Å². The maximum absolute atomic E-state index is 3.06. The molecule has 0 saturated heterocycles. The molecule has 0 aliphatic rings. The van der Waals surface area contributed by atoms with Crippen molar-refractivity contribution in [2.75, 3.05) is 0 Å². The van der Waals surface area contributed by atoms with Crippen LogP contribution in [-0.4, -0.2) is 4.57 Å². The van der Waals surface area contributed by atoms with Gasteiger partial charge >= 0.3 is 0 Å². The van der Waals surface area contributed by atoms with E-state index in [-0.39, 0.29) is 0 Å². The van der Waals surface area contributed by atoms with Gasteiger partial charge in [0, 0.05) is 17.3 Å². The summed E-state index contributed by atoms with van der Waals surface area (Å²) in [6.45, 7) is 2.13. The Hall–Kier alpha value is -2.80. The van der Waals surface area contributed by atoms with Crippen molar-refractivity contribution in [3.8, 4) is 16.8 Å². The van der Waals surface area contributed by atoms with Crippen molar-refractivity contribution >= 4 is 10.9 Å². The summed E-state index contributed by atoms with van der Waals surface area (Å²) in [5.41, 5.74) is 6.17. The zero-order valence-corrected chi connectivity index (χ0v) is 12.5. The summed E-state index contributed by atoms with van der Waals surface area (Å²) >= 11 is 0. The van der Waals surface area contributed by atoms with Gasteiger partial charge in [-0.2, -0.15) is 0 Å². The Kier molecular flexibility index (Phi) is 3.05. The highest BCUT2D eigenvalue weighted by Gasteiger charge is 2.04. The van der Waals surface area contributed by atoms with Gasteiger partial charge in [0.25, 0.3) is 0 Å². The predicted molar refractivity (Wildman–Crippen MR) is 92.3 cm³/mol. The number of benzene rings is 3. The van der Waals surface area contributed by atoms with Crippen molar-refractivity contribution in [1.82, 2.24) is 4.57 Å². The summed E-state index contributed by atoms with van der Waals surface area (Å²) in [7, 11) is 0. The van der Waals surface area contributed by atoms with E-state index in [0.29, 0.717) is 0 Å². The fourth-order valence-electron chi connectivity index (χ4n) is 2.88. The lowest BCUT2D eigenvalue weighted by atomic mass is 10.1. The molecule has 105 valence electrons. The van der Waals surface area contributed by atoms with Gasteiger partial charge in [-0.15, -0.1) is 0 Å². The van der Waals surface area contributed by atoms with Crippen molar-refractivity contribution in [2.24, 2.45) is 0 Å². The minimum atomic E-state index is 1.19. The maximum atomic E-state index is 3.06. The molecule has 4 aromatic rings. The van der Waals surface area contributed by atoms with Crippen molar-refractivity contribution < 1.29 is 0 Å². The number of fused-ring (bicyclic) bond motifs is 1. The molecule has 0 atom stereocenters. The number of hydrogen-bond donors (Lipinski definition) is 0. The Bertz CT molecular complexity index is 915. The number of nitrogens with zero attached hydrogens (tertiary/aromatic N) is 1. The molecule has 22 heavy (non-hydrogen) atoms. The van der Waals surface area contributed by atoms with Crippen LogP contribution in [0.3, 0.4) is 0 Å². The van der Waals surface area contributed by atoms with Gasteiger partial charge in [0.05, 0.1) is 5.52 Å². The van der Waals surface area contributed by atoms with E-state index >= 15 is 0 Å². The van der Waals surface area contributed by atoms with Crippen LogP contribution >= 0.6 is 0 Å². The third-order valence-electron chi connectivity index (χ3n) is 4.04. The highest BCUT2D eigenvalue weighted by Crippen LogP contribution is 2.24. The molecule has 0 aliphatic carbocycles. The monoisotopic (exact) mass is 282 g/mol. The van der Waals surface area contributed by atoms with Crippen LogP contribution in [0.15, 0.2) is 79.0 Å². The van der Waals surface area contributed by atoms with Gasteiger partial charge in [0.1, 0.15) is 0 Å². The molecule has 0 amide bonds. The quantitative estimate of drug-likeness (QED) is 0.463. The Labute approximate surface area is 130 Å². The molecule has 1 heterocycles. The van der Waals surface area contributed by atoms with Gasteiger partial charge in [0.15, 0.2) is 0 Å². The van der Waals surface area contributed by atoms with Crippen LogP contribution in [0, 0.1) is 13.0 Å². The Morgan fingerprint density at radius 1 is 0.773 bits per heavy atom. The van der Waals surface area contributed by atoms with Crippen LogP contribution in [0.4, 0.5) is 0 Å². The lowest BCUT2D eigenvalue weighted by Gasteiger charge is -2.08. The van der Waals surface area contributed by atoms with Crippen molar-refractivity contribution in [2.45, 2.75) is 6.92 Å². The number of rotatable bonds is 2. The fraction of sp³-hybridized carbons (Fsp3) is 0.0476. The Morgan fingerprint density at radius 3 is 2.27 bits per heavy atom. The predicted octanol–water partition coefficient (Wildman–Crippen LogP) is 5.41. The molecule has 0 spiro atoms. The van der Waals surface area contributed by atoms with Gasteiger partial charge in [-0.1, -0.05) is 48.0 Å². The third-order valence-corrected chi connectivity index (χ3v) is 4.04. The zero-order valence-electron chi connectivity index (χ0n) is 12.5. The lowest BCUT2D eigenvalue weighted by Crippen LogP contribution is -1.91. The summed E-state index contributed by atoms with van der Waals surface area (Å²) in [5, 5.41) is 1.28. The number of aryl methyl sites for hydroxylation is 1. The first-order valence-corrected chi connectivity index (χ1v) is 7.46. The first-order chi connectivity index (χ1) is 10.8. The van der Waals surface area contributed by atoms with Crippen LogP contribution in [0.2, 0.25) is 0 Å². The summed E-state index contributed by atoms with van der Waals surface area (Å²) in [6, 6.07) is 28.6. The van der Waals surface area contributed by atoms with E-state index in [1.54, 1.807) is 0 Å². The average Bonchev–Trinajstić information content (AvgIpc) is 2.99. The molecule has 0 saturated carbocycles. The van der Waals surface area contributed by atoms with Gasteiger partial charge < -0.3 is 4.57 Å². The SMILES string of the molecule is Cc1ccc2c(ccn2-c2ccc(-c3cc[c]cc3)cc2)c1. The summed E-state index contributed by atoms with van der Waals surface area (Å²) in [5.74, 6) is 0. The van der Waals surface area contributed by atoms with Crippen LogP contribution in [0.25, 0.3) is 27.7 Å². The van der Waals surface area contributed by atoms with Gasteiger partial charge in [-0.3, -0.25) is 0 Å². The molecule has 0 unspecified atom stereocenters. The molecule has 0 N–H and O–H groups in total. The minimum absolute atomic E-state index is 1.19. The molecule has 1 nitrogen and oxygen atoms in total. The number of aromatic nitrogens is 1. The molecule has 1 radical (unpaired) electrons. The maximum Gasteiger partial charge on any atom is 0.0528 e. The summed E-state index contributed by atoms with van der Waals surface area (Å²) in [6.07, 6.45) is 2.14. The van der Waals surface area contributed by atoms with Gasteiger partial charge in [-0.25, -0.2) is 0 Å². The van der Waals surface area contributed by atoms with E-state index in [1.807, 2.05) is 12.1 Å². The van der Waals surface area contributed by atoms with E-state index in [4.69, 9.17) is 0 Å². The fourth-order valence-corrected chi connectivity index (χ4v) is 2.88. The third kappa shape index (κ3) is 2.21. The van der Waals surface area contributed by atoms with Gasteiger partial charge in [-0.05, 0) is 54.4 Å². The molecule has 0 fully saturated rings. The molecular weight excluding hydrogens is 266 g/mol. The second-order valence-electron chi connectivity index (χ2n) is 5.58. The lowest BCUT2D eigenvalue weighted by molar-refractivity contribution is 1.13. The topological polar surface area (TPSA) is 4.93 Å². The van der Waals surface area contributed by atoms with Gasteiger partial charge in [0.2, 0.25) is 0 Å². The second-order valence-corrected chi connectivity index (χ2v) is 5.58. The van der Waals surface area contributed by atoms with Crippen LogP contribution in [-0.2, 0) is 0 Å². The van der Waals surface area contributed by atoms with Crippen molar-refractivity contribution in [3.63, 3.8) is 0 Å². The summed E-state index contributed by atoms with van der Waals surface area (Å²) < 4.78 is 2.23. The molecule has 4 rings (SSSR count). The average molecular weight is 282 g/mol. The van der Waals surface area contributed by atoms with E-state index in [9.17, 15) is 0 Å². The Morgan fingerprint density at radius 2 is 1.50 bits per heavy atom. The summed E-state index contributed by atoms with van der Waals surface area (Å²) in [4.78, 5) is 0. The van der Waals surface area contributed by atoms with Crippen LogP contribution < -0.4 is 0 Å².